The van der Waals surface area contributed by atoms with Gasteiger partial charge in [-0.2, -0.15) is 0 Å². The molecule has 0 aliphatic rings. The molecule has 0 aliphatic carbocycles. The summed E-state index contributed by atoms with van der Waals surface area (Å²) >= 11 is 0. The van der Waals surface area contributed by atoms with E-state index in [0.717, 1.165) is 0 Å². The Morgan fingerprint density at radius 3 is 2.07 bits per heavy atom. The third kappa shape index (κ3) is 5.04. The van der Waals surface area contributed by atoms with E-state index in [1.54, 1.807) is 24.3 Å². The van der Waals surface area contributed by atoms with E-state index >= 15 is 0 Å². The van der Waals surface area contributed by atoms with Crippen molar-refractivity contribution in [2.45, 2.75) is 0 Å². The van der Waals surface area contributed by atoms with E-state index in [9.17, 15) is 23.2 Å². The first-order valence-electron chi connectivity index (χ1n) is 8.84. The average Bonchev–Trinajstić information content (AvgIpc) is 3.24. The van der Waals surface area contributed by atoms with Crippen molar-refractivity contribution in [3.05, 3.63) is 77.6 Å². The van der Waals surface area contributed by atoms with Crippen LogP contribution in [0.1, 0.15) is 31.3 Å². The molecule has 0 bridgehead atoms. The molecule has 4 N–H and O–H groups in total. The zero-order chi connectivity index (χ0) is 21.5. The van der Waals surface area contributed by atoms with Crippen LogP contribution in [0.5, 0.6) is 0 Å². The minimum absolute atomic E-state index is 0.0795. The Balaban J connectivity index is 1.63. The molecular formula is C20H17F2N5O3. The lowest BCUT2D eigenvalue weighted by Crippen LogP contribution is -2.28. The van der Waals surface area contributed by atoms with Crippen LogP contribution >= 0.6 is 0 Å². The standard InChI is InChI=1S/C20H17F2N5O3/c21-9-10-23-19(29)16-17(25-11-24-16)20(30)27-15-7-5-14(6-8-15)26-18(28)12-1-3-13(22)4-2-12/h1-8,11H,9-10H2,(H,23,29)(H,24,25)(H,26,28)(H,27,30). The van der Waals surface area contributed by atoms with E-state index in [2.05, 4.69) is 25.9 Å². The predicted octanol–water partition coefficient (Wildman–Crippen LogP) is 2.75. The number of anilines is 2. The summed E-state index contributed by atoms with van der Waals surface area (Å²) < 4.78 is 25.1. The van der Waals surface area contributed by atoms with Crippen molar-refractivity contribution in [2.24, 2.45) is 0 Å². The zero-order valence-corrected chi connectivity index (χ0v) is 15.5. The van der Waals surface area contributed by atoms with E-state index in [0.29, 0.717) is 16.9 Å². The fourth-order valence-electron chi connectivity index (χ4n) is 2.52. The number of alkyl halides is 1. The summed E-state index contributed by atoms with van der Waals surface area (Å²) in [5.41, 5.74) is 0.946. The van der Waals surface area contributed by atoms with Crippen LogP contribution in [-0.2, 0) is 0 Å². The maximum atomic E-state index is 12.9. The number of nitrogens with zero attached hydrogens (tertiary/aromatic N) is 1. The number of amides is 3. The van der Waals surface area contributed by atoms with Crippen LogP contribution < -0.4 is 16.0 Å². The minimum Gasteiger partial charge on any atom is -0.348 e. The van der Waals surface area contributed by atoms with Gasteiger partial charge in [-0.1, -0.05) is 0 Å². The van der Waals surface area contributed by atoms with Gasteiger partial charge in [0.05, 0.1) is 6.33 Å². The summed E-state index contributed by atoms with van der Waals surface area (Å²) in [6.45, 7) is -0.907. The molecule has 30 heavy (non-hydrogen) atoms. The van der Waals surface area contributed by atoms with E-state index < -0.39 is 30.2 Å². The normalized spacial score (nSPS) is 10.3. The number of carbonyl (C=O) groups is 3. The number of aromatic nitrogens is 2. The fourth-order valence-corrected chi connectivity index (χ4v) is 2.52. The van der Waals surface area contributed by atoms with Gasteiger partial charge in [0.2, 0.25) is 0 Å². The molecule has 0 unspecified atom stereocenters. The number of carbonyl (C=O) groups excluding carboxylic acids is 3. The highest BCUT2D eigenvalue weighted by atomic mass is 19.1. The summed E-state index contributed by atoms with van der Waals surface area (Å²) in [4.78, 5) is 42.9. The summed E-state index contributed by atoms with van der Waals surface area (Å²) in [6, 6.07) is 11.3. The first-order valence-corrected chi connectivity index (χ1v) is 8.84. The van der Waals surface area contributed by atoms with Gasteiger partial charge in [-0.15, -0.1) is 0 Å². The molecule has 0 spiro atoms. The molecule has 0 aliphatic heterocycles. The molecule has 0 radical (unpaired) electrons. The van der Waals surface area contributed by atoms with Crippen LogP contribution in [-0.4, -0.2) is 40.9 Å². The van der Waals surface area contributed by atoms with Gasteiger partial charge in [0.25, 0.3) is 17.7 Å². The fraction of sp³-hybridized carbons (Fsp3) is 0.100. The maximum absolute atomic E-state index is 12.9. The number of hydrogen-bond donors (Lipinski definition) is 4. The van der Waals surface area contributed by atoms with Gasteiger partial charge in [0.15, 0.2) is 5.69 Å². The number of halogens is 2. The van der Waals surface area contributed by atoms with Crippen molar-refractivity contribution in [2.75, 3.05) is 23.9 Å². The Labute approximate surface area is 169 Å². The van der Waals surface area contributed by atoms with Gasteiger partial charge >= 0.3 is 0 Å². The zero-order valence-electron chi connectivity index (χ0n) is 15.5. The van der Waals surface area contributed by atoms with E-state index in [1.807, 2.05) is 0 Å². The van der Waals surface area contributed by atoms with Crippen LogP contribution in [0.25, 0.3) is 0 Å². The molecule has 1 heterocycles. The molecule has 3 rings (SSSR count). The molecule has 1 aromatic heterocycles. The molecule has 0 atom stereocenters. The van der Waals surface area contributed by atoms with Gasteiger partial charge in [-0.05, 0) is 48.5 Å². The van der Waals surface area contributed by atoms with E-state index in [1.165, 1.54) is 30.6 Å². The monoisotopic (exact) mass is 413 g/mol. The number of benzene rings is 2. The van der Waals surface area contributed by atoms with Gasteiger partial charge < -0.3 is 20.9 Å². The molecule has 10 heteroatoms. The largest absolute Gasteiger partial charge is 0.348 e. The maximum Gasteiger partial charge on any atom is 0.276 e. The van der Waals surface area contributed by atoms with E-state index in [4.69, 9.17) is 0 Å². The first kappa shape index (κ1) is 20.6. The molecule has 3 amide bonds. The average molecular weight is 413 g/mol. The molecule has 3 aromatic rings. The number of hydrogen-bond acceptors (Lipinski definition) is 4. The Hall–Kier alpha value is -4.08. The van der Waals surface area contributed by atoms with Gasteiger partial charge in [-0.25, -0.2) is 13.8 Å². The lowest BCUT2D eigenvalue weighted by molar-refractivity contribution is 0.0933. The number of rotatable bonds is 7. The Morgan fingerprint density at radius 2 is 1.47 bits per heavy atom. The lowest BCUT2D eigenvalue weighted by atomic mass is 10.2. The van der Waals surface area contributed by atoms with Crippen LogP contribution in [0.4, 0.5) is 20.2 Å². The summed E-state index contributed by atoms with van der Waals surface area (Å²) in [7, 11) is 0. The van der Waals surface area contributed by atoms with Crippen molar-refractivity contribution in [3.63, 3.8) is 0 Å². The summed E-state index contributed by atoms with van der Waals surface area (Å²) in [5.74, 6) is -2.13. The quantitative estimate of drug-likeness (QED) is 0.477. The van der Waals surface area contributed by atoms with Crippen molar-refractivity contribution >= 4 is 29.1 Å². The topological polar surface area (TPSA) is 116 Å². The van der Waals surface area contributed by atoms with E-state index in [-0.39, 0.29) is 17.9 Å². The second kappa shape index (κ2) is 9.41. The van der Waals surface area contributed by atoms with Crippen molar-refractivity contribution < 1.29 is 23.2 Å². The second-order valence-corrected chi connectivity index (χ2v) is 6.06. The van der Waals surface area contributed by atoms with Crippen LogP contribution in [0.15, 0.2) is 54.9 Å². The van der Waals surface area contributed by atoms with Crippen molar-refractivity contribution in [1.82, 2.24) is 15.3 Å². The van der Waals surface area contributed by atoms with Crippen molar-refractivity contribution in [1.29, 1.82) is 0 Å². The van der Waals surface area contributed by atoms with Gasteiger partial charge in [0.1, 0.15) is 18.2 Å². The molecule has 0 saturated carbocycles. The molecule has 0 saturated heterocycles. The highest BCUT2D eigenvalue weighted by molar-refractivity contribution is 6.10. The Kier molecular flexibility index (Phi) is 6.48. The Bertz CT molecular complexity index is 1050. The first-order chi connectivity index (χ1) is 14.5. The lowest BCUT2D eigenvalue weighted by Gasteiger charge is -2.08. The van der Waals surface area contributed by atoms with Crippen LogP contribution in [0.2, 0.25) is 0 Å². The summed E-state index contributed by atoms with van der Waals surface area (Å²) in [6.07, 6.45) is 1.19. The van der Waals surface area contributed by atoms with Gasteiger partial charge in [0, 0.05) is 23.5 Å². The molecule has 8 nitrogen and oxygen atoms in total. The Morgan fingerprint density at radius 1 is 0.867 bits per heavy atom. The molecule has 0 fully saturated rings. The second-order valence-electron chi connectivity index (χ2n) is 6.06. The molecule has 2 aromatic carbocycles. The van der Waals surface area contributed by atoms with Gasteiger partial charge in [-0.3, -0.25) is 14.4 Å². The molecule has 154 valence electrons. The predicted molar refractivity (Wildman–Crippen MR) is 106 cm³/mol. The van der Waals surface area contributed by atoms with Crippen LogP contribution in [0, 0.1) is 5.82 Å². The molecular weight excluding hydrogens is 396 g/mol. The van der Waals surface area contributed by atoms with Crippen molar-refractivity contribution in [3.8, 4) is 0 Å². The number of aromatic amines is 1. The number of H-pyrrole nitrogens is 1. The number of nitrogens with one attached hydrogen (secondary N) is 4. The van der Waals surface area contributed by atoms with Crippen LogP contribution in [0.3, 0.4) is 0 Å². The minimum atomic E-state index is -0.731. The number of imidazole rings is 1. The SMILES string of the molecule is O=C(Nc1ccc(NC(=O)c2nc[nH]c2C(=O)NCCF)cc1)c1ccc(F)cc1. The highest BCUT2D eigenvalue weighted by Crippen LogP contribution is 2.16. The summed E-state index contributed by atoms with van der Waals surface area (Å²) in [5, 5.41) is 7.55. The highest BCUT2D eigenvalue weighted by Gasteiger charge is 2.20. The third-order valence-electron chi connectivity index (χ3n) is 3.97. The third-order valence-corrected chi connectivity index (χ3v) is 3.97. The smallest absolute Gasteiger partial charge is 0.276 e.